The highest BCUT2D eigenvalue weighted by Crippen LogP contribution is 2.47. The average Bonchev–Trinajstić information content (AvgIpc) is 3.05. The zero-order valence-electron chi connectivity index (χ0n) is 13.9. The van der Waals surface area contributed by atoms with E-state index in [0.717, 1.165) is 12.3 Å². The first-order chi connectivity index (χ1) is 12.9. The standard InChI is InChI=1S/C17H15F2N5O3/c18-9-1-3-14(13(19)5-9)23-7-11-12(8-23)16(11)22-17(25)21-15-4-2-10(6-20-15)24(26)27/h1-6,11-12,16H,7-8H2,(H2,20,21,22,25)/t11-,12+,16?. The van der Waals surface area contributed by atoms with Crippen LogP contribution in [0.1, 0.15) is 0 Å². The molecule has 10 heteroatoms. The Kier molecular flexibility index (Phi) is 4.09. The van der Waals surface area contributed by atoms with Gasteiger partial charge in [0.2, 0.25) is 0 Å². The molecule has 2 N–H and O–H groups in total. The molecule has 1 saturated carbocycles. The molecule has 4 rings (SSSR count). The minimum atomic E-state index is -0.614. The van der Waals surface area contributed by atoms with Gasteiger partial charge in [-0.05, 0) is 18.2 Å². The van der Waals surface area contributed by atoms with E-state index in [1.54, 1.807) is 0 Å². The summed E-state index contributed by atoms with van der Waals surface area (Å²) in [5.41, 5.74) is 0.202. The summed E-state index contributed by atoms with van der Waals surface area (Å²) in [7, 11) is 0. The summed E-state index contributed by atoms with van der Waals surface area (Å²) < 4.78 is 26.9. The summed E-state index contributed by atoms with van der Waals surface area (Å²) in [6.45, 7) is 1.15. The molecular formula is C17H15F2N5O3. The molecule has 2 amide bonds. The molecule has 140 valence electrons. The van der Waals surface area contributed by atoms with Crippen molar-refractivity contribution in [2.24, 2.45) is 11.8 Å². The molecule has 0 radical (unpaired) electrons. The molecule has 0 bridgehead atoms. The molecule has 8 nitrogen and oxygen atoms in total. The molecule has 3 atom stereocenters. The molecule has 2 fully saturated rings. The van der Waals surface area contributed by atoms with E-state index in [2.05, 4.69) is 15.6 Å². The quantitative estimate of drug-likeness (QED) is 0.632. The number of piperidine rings is 1. The fraction of sp³-hybridized carbons (Fsp3) is 0.294. The lowest BCUT2D eigenvalue weighted by molar-refractivity contribution is -0.385. The van der Waals surface area contributed by atoms with Gasteiger partial charge in [-0.25, -0.2) is 18.6 Å². The van der Waals surface area contributed by atoms with Gasteiger partial charge in [-0.2, -0.15) is 0 Å². The van der Waals surface area contributed by atoms with E-state index in [4.69, 9.17) is 0 Å². The molecule has 27 heavy (non-hydrogen) atoms. The van der Waals surface area contributed by atoms with Crippen molar-refractivity contribution in [1.82, 2.24) is 10.3 Å². The number of nitro groups is 1. The van der Waals surface area contributed by atoms with Gasteiger partial charge in [0.1, 0.15) is 23.6 Å². The van der Waals surface area contributed by atoms with Crippen LogP contribution < -0.4 is 15.5 Å². The van der Waals surface area contributed by atoms with Crippen LogP contribution in [0.4, 0.5) is 30.8 Å². The van der Waals surface area contributed by atoms with Crippen LogP contribution >= 0.6 is 0 Å². The number of amides is 2. The number of benzene rings is 1. The summed E-state index contributed by atoms with van der Waals surface area (Å²) in [6, 6.07) is 5.64. The van der Waals surface area contributed by atoms with Crippen molar-refractivity contribution in [1.29, 1.82) is 0 Å². The van der Waals surface area contributed by atoms with Crippen molar-refractivity contribution in [2.75, 3.05) is 23.3 Å². The molecule has 2 aliphatic rings. The van der Waals surface area contributed by atoms with Gasteiger partial charge in [-0.3, -0.25) is 15.4 Å². The third-order valence-electron chi connectivity index (χ3n) is 4.94. The highest BCUT2D eigenvalue weighted by atomic mass is 19.1. The van der Waals surface area contributed by atoms with Gasteiger partial charge < -0.3 is 10.2 Å². The molecule has 1 aromatic heterocycles. The number of pyridine rings is 1. The number of fused-ring (bicyclic) bond motifs is 1. The maximum absolute atomic E-state index is 13.9. The number of rotatable bonds is 4. The summed E-state index contributed by atoms with van der Waals surface area (Å²) in [5.74, 6) is -0.603. The number of aromatic nitrogens is 1. The van der Waals surface area contributed by atoms with E-state index < -0.39 is 22.6 Å². The van der Waals surface area contributed by atoms with Crippen molar-refractivity contribution in [3.05, 3.63) is 58.3 Å². The van der Waals surface area contributed by atoms with Crippen LogP contribution in [0.25, 0.3) is 0 Å². The van der Waals surface area contributed by atoms with Gasteiger partial charge in [0.05, 0.1) is 10.6 Å². The molecule has 1 saturated heterocycles. The lowest BCUT2D eigenvalue weighted by atomic mass is 10.2. The number of nitrogens with zero attached hydrogens (tertiary/aromatic N) is 3. The molecule has 1 aromatic carbocycles. The number of anilines is 2. The Morgan fingerprint density at radius 2 is 1.96 bits per heavy atom. The Hall–Kier alpha value is -3.30. The molecule has 1 unspecified atom stereocenters. The topological polar surface area (TPSA) is 100 Å². The van der Waals surface area contributed by atoms with Gasteiger partial charge in [-0.1, -0.05) is 0 Å². The third-order valence-corrected chi connectivity index (χ3v) is 4.94. The molecule has 1 aliphatic heterocycles. The van der Waals surface area contributed by atoms with Crippen molar-refractivity contribution in [3.8, 4) is 0 Å². The Morgan fingerprint density at radius 3 is 2.56 bits per heavy atom. The van der Waals surface area contributed by atoms with Crippen molar-refractivity contribution in [3.63, 3.8) is 0 Å². The van der Waals surface area contributed by atoms with Crippen LogP contribution in [0.5, 0.6) is 0 Å². The minimum Gasteiger partial charge on any atom is -0.368 e. The Balaban J connectivity index is 1.29. The molecular weight excluding hydrogens is 360 g/mol. The SMILES string of the molecule is O=C(Nc1ccc([N+](=O)[O-])cn1)NC1[C@H]2CN(c3ccc(F)cc3F)C[C@@H]12. The number of urea groups is 1. The Labute approximate surface area is 152 Å². The fourth-order valence-corrected chi connectivity index (χ4v) is 3.55. The minimum absolute atomic E-state index is 0.0252. The van der Waals surface area contributed by atoms with E-state index >= 15 is 0 Å². The highest BCUT2D eigenvalue weighted by Gasteiger charge is 2.56. The van der Waals surface area contributed by atoms with Gasteiger partial charge >= 0.3 is 6.03 Å². The van der Waals surface area contributed by atoms with Crippen LogP contribution in [-0.2, 0) is 0 Å². The van der Waals surface area contributed by atoms with E-state index in [9.17, 15) is 23.7 Å². The highest BCUT2D eigenvalue weighted by molar-refractivity contribution is 5.88. The number of hydrogen-bond acceptors (Lipinski definition) is 5. The molecule has 1 aliphatic carbocycles. The third kappa shape index (κ3) is 3.37. The van der Waals surface area contributed by atoms with E-state index in [1.807, 2.05) is 4.90 Å². The smallest absolute Gasteiger partial charge is 0.320 e. The average molecular weight is 375 g/mol. The van der Waals surface area contributed by atoms with Gasteiger partial charge in [0.25, 0.3) is 5.69 Å². The van der Waals surface area contributed by atoms with Crippen LogP contribution in [0.3, 0.4) is 0 Å². The number of nitrogens with one attached hydrogen (secondary N) is 2. The largest absolute Gasteiger partial charge is 0.368 e. The Morgan fingerprint density at radius 1 is 1.22 bits per heavy atom. The summed E-state index contributed by atoms with van der Waals surface area (Å²) >= 11 is 0. The zero-order valence-corrected chi connectivity index (χ0v) is 13.9. The van der Waals surface area contributed by atoms with Crippen molar-refractivity contribution >= 4 is 23.2 Å². The van der Waals surface area contributed by atoms with Gasteiger partial charge in [0.15, 0.2) is 0 Å². The summed E-state index contributed by atoms with van der Waals surface area (Å²) in [6.07, 6.45) is 1.07. The second kappa shape index (κ2) is 6.45. The lowest BCUT2D eigenvalue weighted by Crippen LogP contribution is -2.37. The number of halogens is 2. The van der Waals surface area contributed by atoms with Gasteiger partial charge in [-0.15, -0.1) is 0 Å². The maximum atomic E-state index is 13.9. The predicted octanol–water partition coefficient (Wildman–Crippen LogP) is 2.52. The summed E-state index contributed by atoms with van der Waals surface area (Å²) in [4.78, 5) is 27.7. The first-order valence-corrected chi connectivity index (χ1v) is 8.30. The second-order valence-electron chi connectivity index (χ2n) is 6.61. The fourth-order valence-electron chi connectivity index (χ4n) is 3.55. The van der Waals surface area contributed by atoms with Crippen LogP contribution in [0.15, 0.2) is 36.5 Å². The van der Waals surface area contributed by atoms with Crippen molar-refractivity contribution < 1.29 is 18.5 Å². The van der Waals surface area contributed by atoms with E-state index in [1.165, 1.54) is 24.3 Å². The van der Waals surface area contributed by atoms with Crippen LogP contribution in [0.2, 0.25) is 0 Å². The number of carbonyl (C=O) groups is 1. The number of hydrogen-bond donors (Lipinski definition) is 2. The molecule has 0 spiro atoms. The Bertz CT molecular complexity index is 896. The monoisotopic (exact) mass is 375 g/mol. The van der Waals surface area contributed by atoms with Crippen LogP contribution in [-0.4, -0.2) is 35.1 Å². The molecule has 2 heterocycles. The predicted molar refractivity (Wildman–Crippen MR) is 92.4 cm³/mol. The van der Waals surface area contributed by atoms with E-state index in [0.29, 0.717) is 18.8 Å². The van der Waals surface area contributed by atoms with Gasteiger partial charge in [0, 0.05) is 43.1 Å². The van der Waals surface area contributed by atoms with Crippen LogP contribution in [0, 0.1) is 33.6 Å². The molecule has 2 aromatic rings. The lowest BCUT2D eigenvalue weighted by Gasteiger charge is -2.22. The second-order valence-corrected chi connectivity index (χ2v) is 6.61. The maximum Gasteiger partial charge on any atom is 0.320 e. The normalized spacial score (nSPS) is 22.9. The first-order valence-electron chi connectivity index (χ1n) is 8.30. The number of carbonyl (C=O) groups excluding carboxylic acids is 1. The first kappa shape index (κ1) is 17.1. The zero-order chi connectivity index (χ0) is 19.1. The van der Waals surface area contributed by atoms with Crippen molar-refractivity contribution in [2.45, 2.75) is 6.04 Å². The summed E-state index contributed by atoms with van der Waals surface area (Å²) in [5, 5.41) is 15.9. The van der Waals surface area contributed by atoms with E-state index in [-0.39, 0.29) is 29.4 Å².